The van der Waals surface area contributed by atoms with E-state index in [4.69, 9.17) is 4.98 Å². The largest absolute Gasteiger partial charge is 0.323 e. The molecule has 5 rings (SSSR count). The average Bonchev–Trinajstić information content (AvgIpc) is 3.45. The summed E-state index contributed by atoms with van der Waals surface area (Å²) in [6, 6.07) is 11.1. The Bertz CT molecular complexity index is 1440. The number of aromatic nitrogens is 5. The number of carbonyl (C=O) groups excluding carboxylic acids is 1. The van der Waals surface area contributed by atoms with E-state index in [1.165, 1.54) is 0 Å². The summed E-state index contributed by atoms with van der Waals surface area (Å²) < 4.78 is 1.82. The summed E-state index contributed by atoms with van der Waals surface area (Å²) in [5.41, 5.74) is 3.51. The summed E-state index contributed by atoms with van der Waals surface area (Å²) in [7, 11) is 0. The van der Waals surface area contributed by atoms with Crippen LogP contribution in [0.4, 0.5) is 5.69 Å². The van der Waals surface area contributed by atoms with Gasteiger partial charge in [-0.05, 0) is 49.6 Å². The average molecular weight is 418 g/mol. The zero-order valence-corrected chi connectivity index (χ0v) is 17.1. The third kappa shape index (κ3) is 3.09. The molecule has 0 fully saturated rings. The molecular weight excluding hydrogens is 400 g/mol. The van der Waals surface area contributed by atoms with E-state index < -0.39 is 0 Å². The number of aromatic amines is 2. The molecule has 1 amide bonds. The van der Waals surface area contributed by atoms with Gasteiger partial charge in [0.25, 0.3) is 5.91 Å². The Morgan fingerprint density at radius 2 is 2.00 bits per heavy atom. The molecule has 0 aliphatic rings. The van der Waals surface area contributed by atoms with Crippen LogP contribution in [-0.2, 0) is 0 Å². The van der Waals surface area contributed by atoms with Gasteiger partial charge >= 0.3 is 5.69 Å². The third-order valence-electron chi connectivity index (χ3n) is 4.85. The molecule has 0 atom stereocenters. The van der Waals surface area contributed by atoms with Gasteiger partial charge in [0.1, 0.15) is 0 Å². The molecule has 0 saturated carbocycles. The van der Waals surface area contributed by atoms with Gasteiger partial charge < -0.3 is 15.3 Å². The highest BCUT2D eigenvalue weighted by Crippen LogP contribution is 2.29. The molecule has 150 valence electrons. The molecule has 0 aliphatic heterocycles. The second kappa shape index (κ2) is 6.96. The predicted molar refractivity (Wildman–Crippen MR) is 118 cm³/mol. The molecular formula is C21H18N6O2S. The zero-order chi connectivity index (χ0) is 20.8. The first-order valence-corrected chi connectivity index (χ1v) is 10.3. The summed E-state index contributed by atoms with van der Waals surface area (Å²) in [5.74, 6) is -0.263. The van der Waals surface area contributed by atoms with Crippen molar-refractivity contribution in [2.45, 2.75) is 19.9 Å². The maximum atomic E-state index is 13.2. The summed E-state index contributed by atoms with van der Waals surface area (Å²) >= 11 is 1.57. The van der Waals surface area contributed by atoms with Crippen molar-refractivity contribution < 1.29 is 4.79 Å². The fourth-order valence-corrected chi connectivity index (χ4v) is 4.13. The lowest BCUT2D eigenvalue weighted by molar-refractivity contribution is 0.102. The minimum atomic E-state index is -0.286. The predicted octanol–water partition coefficient (Wildman–Crippen LogP) is 4.16. The standard InChI is InChI=1S/C21H18N6O2S/c1-11(2)27-19-14(10-22-27)13(9-17(24-19)18-4-3-7-30-18)20(28)23-12-5-6-15-16(8-12)26-21(29)25-15/h3-11H,1-2H3,(H,23,28)(H2,25,26,29). The molecule has 0 unspecified atom stereocenters. The van der Waals surface area contributed by atoms with Gasteiger partial charge in [-0.25, -0.2) is 14.5 Å². The van der Waals surface area contributed by atoms with Gasteiger partial charge in [-0.3, -0.25) is 4.79 Å². The molecule has 0 spiro atoms. The van der Waals surface area contributed by atoms with Crippen LogP contribution in [0.3, 0.4) is 0 Å². The maximum absolute atomic E-state index is 13.2. The Labute approximate surface area is 174 Å². The summed E-state index contributed by atoms with van der Waals surface area (Å²) in [6.45, 7) is 4.05. The molecule has 30 heavy (non-hydrogen) atoms. The van der Waals surface area contributed by atoms with Crippen molar-refractivity contribution in [1.82, 2.24) is 24.7 Å². The molecule has 5 aromatic rings. The number of anilines is 1. The molecule has 0 aliphatic carbocycles. The molecule has 3 N–H and O–H groups in total. The van der Waals surface area contributed by atoms with E-state index in [1.54, 1.807) is 41.8 Å². The summed E-state index contributed by atoms with van der Waals surface area (Å²) in [4.78, 5) is 35.9. The van der Waals surface area contributed by atoms with Crippen LogP contribution in [0.1, 0.15) is 30.2 Å². The van der Waals surface area contributed by atoms with Gasteiger partial charge in [-0.1, -0.05) is 6.07 Å². The van der Waals surface area contributed by atoms with Gasteiger partial charge in [-0.15, -0.1) is 11.3 Å². The Kier molecular flexibility index (Phi) is 4.25. The summed E-state index contributed by atoms with van der Waals surface area (Å²) in [5, 5.41) is 10.0. The fraction of sp³-hybridized carbons (Fsp3) is 0.143. The van der Waals surface area contributed by atoms with Crippen LogP contribution in [0.15, 0.2) is 52.8 Å². The number of fused-ring (bicyclic) bond motifs is 2. The highest BCUT2D eigenvalue weighted by Gasteiger charge is 2.19. The van der Waals surface area contributed by atoms with Crippen LogP contribution in [-0.4, -0.2) is 30.6 Å². The smallest absolute Gasteiger partial charge is 0.322 e. The van der Waals surface area contributed by atoms with E-state index in [-0.39, 0.29) is 17.6 Å². The van der Waals surface area contributed by atoms with E-state index in [0.717, 1.165) is 10.6 Å². The number of H-pyrrole nitrogens is 2. The van der Waals surface area contributed by atoms with Crippen LogP contribution in [0.2, 0.25) is 0 Å². The number of hydrogen-bond acceptors (Lipinski definition) is 5. The fourth-order valence-electron chi connectivity index (χ4n) is 3.44. The first-order chi connectivity index (χ1) is 14.5. The monoisotopic (exact) mass is 418 g/mol. The number of imidazole rings is 1. The van der Waals surface area contributed by atoms with Gasteiger partial charge in [0.2, 0.25) is 0 Å². The second-order valence-electron chi connectivity index (χ2n) is 7.25. The number of pyridine rings is 1. The number of amides is 1. The lowest BCUT2D eigenvalue weighted by atomic mass is 10.1. The van der Waals surface area contributed by atoms with Crippen LogP contribution >= 0.6 is 11.3 Å². The number of carbonyl (C=O) groups is 1. The minimum absolute atomic E-state index is 0.109. The van der Waals surface area contributed by atoms with Gasteiger partial charge in [0.05, 0.1) is 38.8 Å². The number of nitrogens with zero attached hydrogens (tertiary/aromatic N) is 3. The Morgan fingerprint density at radius 3 is 2.77 bits per heavy atom. The van der Waals surface area contributed by atoms with Gasteiger partial charge in [0, 0.05) is 11.7 Å². The van der Waals surface area contributed by atoms with Crippen LogP contribution in [0.5, 0.6) is 0 Å². The molecule has 0 saturated heterocycles. The topological polar surface area (TPSA) is 108 Å². The van der Waals surface area contributed by atoms with E-state index >= 15 is 0 Å². The van der Waals surface area contributed by atoms with Crippen molar-refractivity contribution in [3.8, 4) is 10.6 Å². The first kappa shape index (κ1) is 18.3. The maximum Gasteiger partial charge on any atom is 0.323 e. The molecule has 4 heterocycles. The van der Waals surface area contributed by atoms with Crippen molar-refractivity contribution >= 4 is 45.0 Å². The quantitative estimate of drug-likeness (QED) is 0.407. The zero-order valence-electron chi connectivity index (χ0n) is 16.3. The molecule has 0 radical (unpaired) electrons. The van der Waals surface area contributed by atoms with Crippen LogP contribution in [0.25, 0.3) is 32.6 Å². The van der Waals surface area contributed by atoms with Crippen LogP contribution < -0.4 is 11.0 Å². The minimum Gasteiger partial charge on any atom is -0.322 e. The Morgan fingerprint density at radius 1 is 1.17 bits per heavy atom. The number of hydrogen-bond donors (Lipinski definition) is 3. The van der Waals surface area contributed by atoms with Crippen molar-refractivity contribution in [2.24, 2.45) is 0 Å². The lowest BCUT2D eigenvalue weighted by Gasteiger charge is -2.10. The van der Waals surface area contributed by atoms with E-state index in [9.17, 15) is 9.59 Å². The van der Waals surface area contributed by atoms with E-state index in [0.29, 0.717) is 33.3 Å². The van der Waals surface area contributed by atoms with Crippen molar-refractivity contribution in [3.63, 3.8) is 0 Å². The third-order valence-corrected chi connectivity index (χ3v) is 5.74. The molecule has 8 nitrogen and oxygen atoms in total. The van der Waals surface area contributed by atoms with Crippen molar-refractivity contribution in [2.75, 3.05) is 5.32 Å². The number of rotatable bonds is 4. The van der Waals surface area contributed by atoms with Gasteiger partial charge in [0.15, 0.2) is 5.65 Å². The molecule has 1 aromatic carbocycles. The second-order valence-corrected chi connectivity index (χ2v) is 8.19. The highest BCUT2D eigenvalue weighted by molar-refractivity contribution is 7.13. The van der Waals surface area contributed by atoms with Gasteiger partial charge in [-0.2, -0.15) is 5.10 Å². The van der Waals surface area contributed by atoms with Crippen molar-refractivity contribution in [3.05, 3.63) is 64.0 Å². The van der Waals surface area contributed by atoms with E-state index in [2.05, 4.69) is 20.4 Å². The highest BCUT2D eigenvalue weighted by atomic mass is 32.1. The lowest BCUT2D eigenvalue weighted by Crippen LogP contribution is -2.13. The Balaban J connectivity index is 1.60. The Hall–Kier alpha value is -3.72. The summed E-state index contributed by atoms with van der Waals surface area (Å²) in [6.07, 6.45) is 1.68. The van der Waals surface area contributed by atoms with Crippen LogP contribution in [0, 0.1) is 0 Å². The first-order valence-electron chi connectivity index (χ1n) is 9.45. The van der Waals surface area contributed by atoms with Crippen molar-refractivity contribution in [1.29, 1.82) is 0 Å². The van der Waals surface area contributed by atoms with E-state index in [1.807, 2.05) is 36.0 Å². The molecule has 0 bridgehead atoms. The molecule has 4 aromatic heterocycles. The number of benzene rings is 1. The number of thiophene rings is 1. The normalized spacial score (nSPS) is 11.6. The SMILES string of the molecule is CC(C)n1ncc2c(C(=O)Nc3ccc4[nH]c(=O)[nH]c4c3)cc(-c3cccs3)nc21. The molecule has 9 heteroatoms. The number of nitrogens with one attached hydrogen (secondary N) is 3.